The van der Waals surface area contributed by atoms with E-state index in [1.165, 1.54) is 0 Å². The van der Waals surface area contributed by atoms with E-state index in [1.807, 2.05) is 23.0 Å². The summed E-state index contributed by atoms with van der Waals surface area (Å²) in [5.74, 6) is 0.638. The van der Waals surface area contributed by atoms with Crippen LogP contribution in [-0.4, -0.2) is 21.0 Å². The molecule has 1 saturated carbocycles. The van der Waals surface area contributed by atoms with Crippen LogP contribution in [-0.2, 0) is 0 Å². The number of benzene rings is 1. The van der Waals surface area contributed by atoms with Gasteiger partial charge in [-0.15, -0.1) is 0 Å². The number of fused-ring (bicyclic) bond motifs is 1. The molecule has 3 heteroatoms. The van der Waals surface area contributed by atoms with Gasteiger partial charge < -0.3 is 5.11 Å². The maximum Gasteiger partial charge on any atom is 0.0788 e. The van der Waals surface area contributed by atoms with Crippen LogP contribution in [0, 0.1) is 11.3 Å². The Morgan fingerprint density at radius 1 is 1.20 bits per heavy atom. The van der Waals surface area contributed by atoms with Crippen molar-refractivity contribution in [1.29, 1.82) is 0 Å². The van der Waals surface area contributed by atoms with Gasteiger partial charge in [0.05, 0.1) is 23.9 Å². The Morgan fingerprint density at radius 2 is 1.95 bits per heavy atom. The Labute approximate surface area is 120 Å². The normalized spacial score (nSPS) is 27.9. The lowest BCUT2D eigenvalue weighted by Crippen LogP contribution is -2.36. The molecule has 0 amide bonds. The van der Waals surface area contributed by atoms with Gasteiger partial charge in [0.2, 0.25) is 0 Å². The second-order valence-electron chi connectivity index (χ2n) is 7.16. The first-order chi connectivity index (χ1) is 9.47. The van der Waals surface area contributed by atoms with Crippen molar-refractivity contribution in [1.82, 2.24) is 9.78 Å². The fourth-order valence-electron chi connectivity index (χ4n) is 3.44. The third kappa shape index (κ3) is 2.35. The van der Waals surface area contributed by atoms with Crippen molar-refractivity contribution >= 4 is 10.9 Å². The van der Waals surface area contributed by atoms with Crippen molar-refractivity contribution in [2.75, 3.05) is 0 Å². The van der Waals surface area contributed by atoms with E-state index in [-0.39, 0.29) is 12.1 Å². The number of para-hydroxylation sites is 1. The van der Waals surface area contributed by atoms with Crippen molar-refractivity contribution in [2.24, 2.45) is 11.3 Å². The van der Waals surface area contributed by atoms with Gasteiger partial charge >= 0.3 is 0 Å². The van der Waals surface area contributed by atoms with Gasteiger partial charge in [0, 0.05) is 5.39 Å². The van der Waals surface area contributed by atoms with Gasteiger partial charge in [0.25, 0.3) is 0 Å². The highest BCUT2D eigenvalue weighted by atomic mass is 16.3. The van der Waals surface area contributed by atoms with Crippen molar-refractivity contribution in [3.05, 3.63) is 30.5 Å². The molecule has 0 spiro atoms. The van der Waals surface area contributed by atoms with E-state index in [0.29, 0.717) is 11.3 Å². The molecule has 1 aliphatic carbocycles. The van der Waals surface area contributed by atoms with Gasteiger partial charge in [-0.05, 0) is 36.7 Å². The largest absolute Gasteiger partial charge is 0.391 e. The Balaban J connectivity index is 1.95. The highest BCUT2D eigenvalue weighted by Crippen LogP contribution is 2.42. The first kappa shape index (κ1) is 13.6. The van der Waals surface area contributed by atoms with Gasteiger partial charge in [-0.3, -0.25) is 4.68 Å². The third-order valence-corrected chi connectivity index (χ3v) is 4.82. The lowest BCUT2D eigenvalue weighted by molar-refractivity contribution is 0.0223. The summed E-state index contributed by atoms with van der Waals surface area (Å²) >= 11 is 0. The predicted octanol–water partition coefficient (Wildman–Crippen LogP) is 3.78. The molecule has 0 radical (unpaired) electrons. The Hall–Kier alpha value is -1.35. The zero-order chi connectivity index (χ0) is 14.3. The summed E-state index contributed by atoms with van der Waals surface area (Å²) in [6, 6.07) is 8.35. The van der Waals surface area contributed by atoms with Crippen molar-refractivity contribution in [2.45, 2.75) is 52.2 Å². The molecule has 3 unspecified atom stereocenters. The van der Waals surface area contributed by atoms with Gasteiger partial charge in [0.1, 0.15) is 0 Å². The summed E-state index contributed by atoms with van der Waals surface area (Å²) in [6.07, 6.45) is 4.62. The first-order valence-corrected chi connectivity index (χ1v) is 7.57. The summed E-state index contributed by atoms with van der Waals surface area (Å²) in [4.78, 5) is 0. The zero-order valence-electron chi connectivity index (χ0n) is 12.6. The van der Waals surface area contributed by atoms with E-state index >= 15 is 0 Å². The summed E-state index contributed by atoms with van der Waals surface area (Å²) in [5.41, 5.74) is 1.42. The minimum Gasteiger partial charge on any atom is -0.391 e. The number of nitrogens with zero attached hydrogens (tertiary/aromatic N) is 2. The second-order valence-corrected chi connectivity index (χ2v) is 7.16. The summed E-state index contributed by atoms with van der Waals surface area (Å²) in [5, 5.41) is 16.1. The van der Waals surface area contributed by atoms with Crippen LogP contribution in [0.5, 0.6) is 0 Å². The summed E-state index contributed by atoms with van der Waals surface area (Å²) in [7, 11) is 0. The topological polar surface area (TPSA) is 38.0 Å². The number of hydrogen-bond acceptors (Lipinski definition) is 2. The van der Waals surface area contributed by atoms with Crippen LogP contribution in [0.15, 0.2) is 30.5 Å². The third-order valence-electron chi connectivity index (χ3n) is 4.82. The fraction of sp³-hybridized carbons (Fsp3) is 0.588. The Kier molecular flexibility index (Phi) is 3.33. The van der Waals surface area contributed by atoms with Crippen LogP contribution in [0.25, 0.3) is 10.9 Å². The fourth-order valence-corrected chi connectivity index (χ4v) is 3.44. The average Bonchev–Trinajstić information content (AvgIpc) is 2.82. The molecule has 1 N–H and O–H groups in total. The average molecular weight is 272 g/mol. The first-order valence-electron chi connectivity index (χ1n) is 7.57. The smallest absolute Gasteiger partial charge is 0.0788 e. The molecule has 1 aromatic heterocycles. The predicted molar refractivity (Wildman–Crippen MR) is 81.6 cm³/mol. The highest BCUT2D eigenvalue weighted by molar-refractivity contribution is 5.78. The van der Waals surface area contributed by atoms with Crippen molar-refractivity contribution in [3.8, 4) is 0 Å². The van der Waals surface area contributed by atoms with Gasteiger partial charge in [-0.1, -0.05) is 39.0 Å². The van der Waals surface area contributed by atoms with E-state index in [0.717, 1.165) is 30.2 Å². The standard InChI is InChI=1S/C17H24N2O/c1-17(2,3)13-8-9-16(20)15(10-13)19-14-7-5-4-6-12(14)11-18-19/h4-7,11,13,15-16,20H,8-10H2,1-3H3. The molecule has 2 aromatic rings. The lowest BCUT2D eigenvalue weighted by atomic mass is 9.70. The monoisotopic (exact) mass is 272 g/mol. The Morgan fingerprint density at radius 3 is 2.70 bits per heavy atom. The van der Waals surface area contributed by atoms with E-state index in [9.17, 15) is 5.11 Å². The molecular weight excluding hydrogens is 248 g/mol. The molecular formula is C17H24N2O. The van der Waals surface area contributed by atoms with E-state index in [1.54, 1.807) is 0 Å². The van der Waals surface area contributed by atoms with Crippen LogP contribution < -0.4 is 0 Å². The minimum absolute atomic E-state index is 0.105. The number of aliphatic hydroxyl groups excluding tert-OH is 1. The number of hydrogen-bond donors (Lipinski definition) is 1. The number of aromatic nitrogens is 2. The van der Waals surface area contributed by atoms with E-state index in [4.69, 9.17) is 0 Å². The lowest BCUT2D eigenvalue weighted by Gasteiger charge is -2.40. The van der Waals surface area contributed by atoms with Gasteiger partial charge in [-0.2, -0.15) is 5.10 Å². The summed E-state index contributed by atoms with van der Waals surface area (Å²) < 4.78 is 2.04. The SMILES string of the molecule is CC(C)(C)C1CCC(O)C(n2ncc3ccccc32)C1. The molecule has 1 aromatic carbocycles. The maximum absolute atomic E-state index is 10.4. The van der Waals surface area contributed by atoms with Crippen LogP contribution in [0.2, 0.25) is 0 Å². The van der Waals surface area contributed by atoms with E-state index < -0.39 is 0 Å². The molecule has 3 nitrogen and oxygen atoms in total. The zero-order valence-corrected chi connectivity index (χ0v) is 12.6. The molecule has 1 fully saturated rings. The molecule has 20 heavy (non-hydrogen) atoms. The summed E-state index contributed by atoms with van der Waals surface area (Å²) in [6.45, 7) is 6.90. The second kappa shape index (κ2) is 4.88. The number of aliphatic hydroxyl groups is 1. The van der Waals surface area contributed by atoms with Crippen LogP contribution in [0.4, 0.5) is 0 Å². The minimum atomic E-state index is -0.281. The van der Waals surface area contributed by atoms with Crippen LogP contribution in [0.3, 0.4) is 0 Å². The van der Waals surface area contributed by atoms with Crippen molar-refractivity contribution < 1.29 is 5.11 Å². The molecule has 0 bridgehead atoms. The molecule has 1 aliphatic rings. The molecule has 0 aliphatic heterocycles. The van der Waals surface area contributed by atoms with Gasteiger partial charge in [-0.25, -0.2) is 0 Å². The highest BCUT2D eigenvalue weighted by Gasteiger charge is 2.36. The van der Waals surface area contributed by atoms with Crippen molar-refractivity contribution in [3.63, 3.8) is 0 Å². The molecule has 3 rings (SSSR count). The number of rotatable bonds is 1. The molecule has 108 valence electrons. The molecule has 3 atom stereocenters. The molecule has 0 saturated heterocycles. The Bertz CT molecular complexity index is 596. The van der Waals surface area contributed by atoms with Gasteiger partial charge in [0.15, 0.2) is 0 Å². The quantitative estimate of drug-likeness (QED) is 0.857. The molecule has 1 heterocycles. The van der Waals surface area contributed by atoms with Crippen LogP contribution in [0.1, 0.15) is 46.1 Å². The van der Waals surface area contributed by atoms with Crippen LogP contribution >= 0.6 is 0 Å². The maximum atomic E-state index is 10.4. The van der Waals surface area contributed by atoms with E-state index in [2.05, 4.69) is 38.0 Å².